The van der Waals surface area contributed by atoms with Crippen molar-refractivity contribution < 1.29 is 24.2 Å². The van der Waals surface area contributed by atoms with Gasteiger partial charge in [0.1, 0.15) is 12.3 Å². The number of β-lactam (4-membered cyclic amide) rings is 1. The van der Waals surface area contributed by atoms with Gasteiger partial charge in [-0.05, 0) is 12.8 Å². The molecule has 3 aliphatic heterocycles. The summed E-state index contributed by atoms with van der Waals surface area (Å²) in [6, 6.07) is 0. The molecule has 3 heterocycles. The molecule has 0 spiro atoms. The molecule has 1 amide bonds. The molecule has 20 heavy (non-hydrogen) atoms. The fourth-order valence-electron chi connectivity index (χ4n) is 2.68. The quantitative estimate of drug-likeness (QED) is 0.592. The molecule has 0 aromatic carbocycles. The van der Waals surface area contributed by atoms with Gasteiger partial charge in [0.15, 0.2) is 0 Å². The van der Waals surface area contributed by atoms with E-state index in [1.807, 2.05) is 0 Å². The molecule has 0 aliphatic carbocycles. The number of aliphatic hydroxyl groups excluding tert-OH is 1. The summed E-state index contributed by atoms with van der Waals surface area (Å²) in [6.07, 6.45) is 3.29. The number of fused-ring (bicyclic) bond motifs is 1. The predicted molar refractivity (Wildman–Crippen MR) is 71.5 cm³/mol. The van der Waals surface area contributed by atoms with Gasteiger partial charge in [0.05, 0.1) is 24.5 Å². The van der Waals surface area contributed by atoms with Gasteiger partial charge in [0.25, 0.3) is 0 Å². The minimum atomic E-state index is -0.518. The molecule has 2 fully saturated rings. The third-order valence-electron chi connectivity index (χ3n) is 3.64. The van der Waals surface area contributed by atoms with Crippen LogP contribution in [0.15, 0.2) is 10.6 Å². The molecule has 110 valence electrons. The zero-order valence-electron chi connectivity index (χ0n) is 11.0. The van der Waals surface area contributed by atoms with Crippen molar-refractivity contribution in [3.8, 4) is 0 Å². The van der Waals surface area contributed by atoms with Gasteiger partial charge >= 0.3 is 5.97 Å². The smallest absolute Gasteiger partial charge is 0.356 e. The summed E-state index contributed by atoms with van der Waals surface area (Å²) < 4.78 is 10.6. The van der Waals surface area contributed by atoms with Crippen molar-refractivity contribution >= 4 is 23.6 Å². The summed E-state index contributed by atoms with van der Waals surface area (Å²) in [6.45, 7) is 0.497. The molecular weight excluding hydrogens is 282 g/mol. The van der Waals surface area contributed by atoms with Crippen molar-refractivity contribution in [1.29, 1.82) is 0 Å². The molecule has 1 N–H and O–H groups in total. The predicted octanol–water partition coefficient (Wildman–Crippen LogP) is 0.608. The lowest BCUT2D eigenvalue weighted by atomic mass is 10.1. The van der Waals surface area contributed by atoms with Gasteiger partial charge in [-0.2, -0.15) is 0 Å². The highest BCUT2D eigenvalue weighted by Crippen LogP contribution is 2.48. The van der Waals surface area contributed by atoms with E-state index >= 15 is 0 Å². The summed E-state index contributed by atoms with van der Waals surface area (Å²) in [7, 11) is 0. The van der Waals surface area contributed by atoms with Gasteiger partial charge in [-0.25, -0.2) is 4.79 Å². The van der Waals surface area contributed by atoms with Gasteiger partial charge in [0.2, 0.25) is 5.91 Å². The van der Waals surface area contributed by atoms with Crippen LogP contribution in [-0.2, 0) is 19.1 Å². The minimum Gasteiger partial charge on any atom is -0.459 e. The first kappa shape index (κ1) is 13.9. The van der Waals surface area contributed by atoms with Crippen LogP contribution in [0.2, 0.25) is 0 Å². The maximum Gasteiger partial charge on any atom is 0.356 e. The molecule has 3 aliphatic rings. The first-order valence-corrected chi connectivity index (χ1v) is 7.70. The summed E-state index contributed by atoms with van der Waals surface area (Å²) in [5, 5.41) is 8.78. The molecule has 0 bridgehead atoms. The third kappa shape index (κ3) is 2.45. The number of rotatable bonds is 5. The van der Waals surface area contributed by atoms with Gasteiger partial charge in [-0.1, -0.05) is 0 Å². The molecule has 0 radical (unpaired) electrons. The van der Waals surface area contributed by atoms with Crippen LogP contribution in [0.5, 0.6) is 0 Å². The van der Waals surface area contributed by atoms with Crippen LogP contribution < -0.4 is 0 Å². The Kier molecular flexibility index (Phi) is 4.00. The topological polar surface area (TPSA) is 76.1 Å². The largest absolute Gasteiger partial charge is 0.459 e. The summed E-state index contributed by atoms with van der Waals surface area (Å²) in [5.74, 6) is -0.559. The van der Waals surface area contributed by atoms with Crippen molar-refractivity contribution in [3.05, 3.63) is 10.6 Å². The van der Waals surface area contributed by atoms with Crippen molar-refractivity contribution in [3.63, 3.8) is 0 Å². The molecule has 6 nitrogen and oxygen atoms in total. The molecule has 3 rings (SSSR count). The highest BCUT2D eigenvalue weighted by molar-refractivity contribution is 8.04. The van der Waals surface area contributed by atoms with Crippen LogP contribution in [0.4, 0.5) is 0 Å². The lowest BCUT2D eigenvalue weighted by Crippen LogP contribution is -2.48. The van der Waals surface area contributed by atoms with Crippen LogP contribution in [0.3, 0.4) is 0 Å². The van der Waals surface area contributed by atoms with E-state index in [0.29, 0.717) is 18.5 Å². The maximum absolute atomic E-state index is 12.1. The Hall–Kier alpha value is -1.05. The van der Waals surface area contributed by atoms with E-state index in [-0.39, 0.29) is 30.6 Å². The van der Waals surface area contributed by atoms with Gasteiger partial charge in [0, 0.05) is 17.9 Å². The Labute approximate surface area is 121 Å². The Morgan fingerprint density at radius 1 is 1.55 bits per heavy atom. The van der Waals surface area contributed by atoms with E-state index in [4.69, 9.17) is 14.6 Å². The average molecular weight is 299 g/mol. The van der Waals surface area contributed by atoms with Crippen LogP contribution in [0.25, 0.3) is 0 Å². The maximum atomic E-state index is 12.1. The monoisotopic (exact) mass is 299 g/mol. The van der Waals surface area contributed by atoms with E-state index in [9.17, 15) is 9.59 Å². The number of amides is 1. The molecule has 7 heteroatoms. The van der Waals surface area contributed by atoms with Crippen LogP contribution in [0.1, 0.15) is 25.7 Å². The molecule has 0 unspecified atom stereocenters. The number of nitrogens with zero attached hydrogens (tertiary/aromatic N) is 1. The number of carbonyl (C=O) groups is 2. The number of hydrogen-bond acceptors (Lipinski definition) is 6. The Morgan fingerprint density at radius 3 is 3.05 bits per heavy atom. The van der Waals surface area contributed by atoms with Crippen molar-refractivity contribution in [2.45, 2.75) is 37.2 Å². The highest BCUT2D eigenvalue weighted by Gasteiger charge is 2.49. The summed E-state index contributed by atoms with van der Waals surface area (Å²) in [5.41, 5.74) is 0.361. The Morgan fingerprint density at radius 2 is 2.40 bits per heavy atom. The van der Waals surface area contributed by atoms with Crippen LogP contribution in [0, 0.1) is 0 Å². The molecule has 2 saturated heterocycles. The zero-order valence-corrected chi connectivity index (χ0v) is 11.9. The lowest BCUT2D eigenvalue weighted by Gasteiger charge is -2.34. The lowest BCUT2D eigenvalue weighted by molar-refractivity contribution is -0.149. The second-order valence-corrected chi connectivity index (χ2v) is 6.28. The first-order valence-electron chi connectivity index (χ1n) is 6.82. The Bertz CT molecular complexity index is 458. The normalized spacial score (nSPS) is 28.6. The van der Waals surface area contributed by atoms with E-state index in [1.54, 1.807) is 11.8 Å². The van der Waals surface area contributed by atoms with Crippen molar-refractivity contribution in [1.82, 2.24) is 4.90 Å². The summed E-state index contributed by atoms with van der Waals surface area (Å²) in [4.78, 5) is 26.2. The zero-order chi connectivity index (χ0) is 14.1. The second kappa shape index (κ2) is 5.75. The fourth-order valence-corrected chi connectivity index (χ4v) is 4.14. The fraction of sp³-hybridized carbons (Fsp3) is 0.692. The number of ether oxygens (including phenoxy) is 2. The number of aliphatic hydroxyl groups is 1. The molecule has 0 aromatic heterocycles. The van der Waals surface area contributed by atoms with Gasteiger partial charge in [-0.3, -0.25) is 9.69 Å². The van der Waals surface area contributed by atoms with Gasteiger partial charge in [-0.15, -0.1) is 11.8 Å². The van der Waals surface area contributed by atoms with Crippen LogP contribution >= 0.6 is 11.8 Å². The number of carbonyl (C=O) groups excluding carboxylic acids is 2. The second-order valence-electron chi connectivity index (χ2n) is 5.01. The molecular formula is C13H17NO5S. The highest BCUT2D eigenvalue weighted by atomic mass is 32.2. The van der Waals surface area contributed by atoms with E-state index in [2.05, 4.69) is 0 Å². The number of thioether (sulfide) groups is 1. The molecule has 0 aromatic rings. The van der Waals surface area contributed by atoms with E-state index in [1.165, 1.54) is 4.90 Å². The standard InChI is InChI=1S/C13H17NO5S/c15-3-5-19-13(17)12-9(6-8-2-1-4-18-8)20-11-7-10(16)14(11)12/h8,11,15H,1-7H2/t8-,11-/m1/s1. The SMILES string of the molecule is O=C(OCCO)C1=C(C[C@H]2CCCO2)S[C@@H]2CC(=O)N12. The van der Waals surface area contributed by atoms with E-state index in [0.717, 1.165) is 24.4 Å². The van der Waals surface area contributed by atoms with Crippen LogP contribution in [-0.4, -0.2) is 53.2 Å². The van der Waals surface area contributed by atoms with Crippen molar-refractivity contribution in [2.24, 2.45) is 0 Å². The van der Waals surface area contributed by atoms with Gasteiger partial charge < -0.3 is 14.6 Å². The number of hydrogen-bond donors (Lipinski definition) is 1. The van der Waals surface area contributed by atoms with E-state index < -0.39 is 5.97 Å². The van der Waals surface area contributed by atoms with Crippen molar-refractivity contribution in [2.75, 3.05) is 19.8 Å². The summed E-state index contributed by atoms with van der Waals surface area (Å²) >= 11 is 1.56. The minimum absolute atomic E-state index is 0.0376. The average Bonchev–Trinajstić information content (AvgIpc) is 3.02. The third-order valence-corrected chi connectivity index (χ3v) is 4.94. The molecule has 0 saturated carbocycles. The number of esters is 1. The first-order chi connectivity index (χ1) is 9.70. The Balaban J connectivity index is 1.76. The molecule has 2 atom stereocenters.